The molecular formula is C26H35N11O. The van der Waals surface area contributed by atoms with E-state index in [4.69, 9.17) is 4.74 Å². The zero-order chi connectivity index (χ0) is 27.1. The molecule has 12 nitrogen and oxygen atoms in total. The Balaban J connectivity index is 1.42. The highest BCUT2D eigenvalue weighted by molar-refractivity contribution is 5.69. The Kier molecular flexibility index (Phi) is 6.65. The van der Waals surface area contributed by atoms with E-state index in [0.717, 1.165) is 25.7 Å². The number of ether oxygens (including phenoxy) is 1. The SMILES string of the molecule is CC(C)Oc1ncc(Nc2ncc(C#N)c(NC3CC(C)(C)NC(C)(C)C3)n2)cc1-c1nnnn1C1CC1. The van der Waals surface area contributed by atoms with E-state index >= 15 is 0 Å². The molecule has 12 heteroatoms. The van der Waals surface area contributed by atoms with Gasteiger partial charge in [-0.15, -0.1) is 5.10 Å². The minimum atomic E-state index is -0.0641. The zero-order valence-corrected chi connectivity index (χ0v) is 22.8. The first kappa shape index (κ1) is 25.8. The molecule has 1 saturated heterocycles. The van der Waals surface area contributed by atoms with Gasteiger partial charge in [-0.05, 0) is 83.7 Å². The van der Waals surface area contributed by atoms with Crippen molar-refractivity contribution in [2.45, 2.75) is 96.5 Å². The van der Waals surface area contributed by atoms with Crippen LogP contribution in [0, 0.1) is 11.3 Å². The molecule has 3 aromatic rings. The van der Waals surface area contributed by atoms with Gasteiger partial charge in [0.25, 0.3) is 0 Å². The first-order valence-electron chi connectivity index (χ1n) is 13.1. The number of nitriles is 1. The van der Waals surface area contributed by atoms with E-state index < -0.39 is 0 Å². The summed E-state index contributed by atoms with van der Waals surface area (Å²) in [5, 5.41) is 32.5. The van der Waals surface area contributed by atoms with E-state index in [-0.39, 0.29) is 23.2 Å². The van der Waals surface area contributed by atoms with Gasteiger partial charge < -0.3 is 20.7 Å². The Hall–Kier alpha value is -3.85. The number of hydrogen-bond acceptors (Lipinski definition) is 11. The van der Waals surface area contributed by atoms with Gasteiger partial charge in [-0.3, -0.25) is 0 Å². The van der Waals surface area contributed by atoms with Gasteiger partial charge in [0, 0.05) is 17.1 Å². The lowest BCUT2D eigenvalue weighted by atomic mass is 9.79. The minimum Gasteiger partial charge on any atom is -0.474 e. The van der Waals surface area contributed by atoms with E-state index in [1.54, 1.807) is 6.20 Å². The summed E-state index contributed by atoms with van der Waals surface area (Å²) in [4.78, 5) is 13.6. The zero-order valence-electron chi connectivity index (χ0n) is 22.8. The van der Waals surface area contributed by atoms with Crippen molar-refractivity contribution < 1.29 is 4.74 Å². The van der Waals surface area contributed by atoms with Crippen LogP contribution in [0.3, 0.4) is 0 Å². The van der Waals surface area contributed by atoms with Gasteiger partial charge in [-0.2, -0.15) is 10.2 Å². The molecule has 0 unspecified atom stereocenters. The second-order valence-electron chi connectivity index (χ2n) is 11.8. The second kappa shape index (κ2) is 9.79. The number of tetrazole rings is 1. The fourth-order valence-electron chi connectivity index (χ4n) is 5.31. The van der Waals surface area contributed by atoms with Crippen LogP contribution in [0.5, 0.6) is 5.88 Å². The van der Waals surface area contributed by atoms with Crippen LogP contribution in [0.15, 0.2) is 18.5 Å². The van der Waals surface area contributed by atoms with Crippen LogP contribution in [-0.2, 0) is 0 Å². The topological polar surface area (TPSA) is 151 Å². The molecule has 1 saturated carbocycles. The highest BCUT2D eigenvalue weighted by Crippen LogP contribution is 2.39. The first-order valence-corrected chi connectivity index (χ1v) is 13.1. The molecule has 3 aromatic heterocycles. The van der Waals surface area contributed by atoms with Crippen molar-refractivity contribution in [3.63, 3.8) is 0 Å². The fourth-order valence-corrected chi connectivity index (χ4v) is 5.31. The molecule has 38 heavy (non-hydrogen) atoms. The molecule has 0 amide bonds. The van der Waals surface area contributed by atoms with Gasteiger partial charge in [0.1, 0.15) is 17.5 Å². The van der Waals surface area contributed by atoms with Crippen LogP contribution in [0.2, 0.25) is 0 Å². The lowest BCUT2D eigenvalue weighted by Gasteiger charge is -2.46. The molecule has 3 N–H and O–H groups in total. The third-order valence-electron chi connectivity index (χ3n) is 6.52. The standard InChI is InChI=1S/C26H35N11O/c1-15(2)38-23-20(22-33-35-36-37(22)19-7-8-19)9-17(14-28-23)31-24-29-13-16(12-27)21(32-24)30-18-10-25(3,4)34-26(5,6)11-18/h9,13-15,18-19,34H,7-8,10-11H2,1-6H3,(H2,29,30,31,32). The van der Waals surface area contributed by atoms with Gasteiger partial charge in [-0.1, -0.05) is 0 Å². The molecule has 1 aliphatic carbocycles. The van der Waals surface area contributed by atoms with Crippen molar-refractivity contribution >= 4 is 17.5 Å². The molecule has 0 spiro atoms. The van der Waals surface area contributed by atoms with Gasteiger partial charge in [0.15, 0.2) is 5.82 Å². The average molecular weight is 518 g/mol. The van der Waals surface area contributed by atoms with E-state index in [9.17, 15) is 5.26 Å². The van der Waals surface area contributed by atoms with E-state index in [2.05, 4.69) is 80.2 Å². The Morgan fingerprint density at radius 1 is 1.13 bits per heavy atom. The second-order valence-corrected chi connectivity index (χ2v) is 11.8. The first-order chi connectivity index (χ1) is 18.0. The van der Waals surface area contributed by atoms with Crippen molar-refractivity contribution in [2.24, 2.45) is 0 Å². The van der Waals surface area contributed by atoms with E-state index in [1.165, 1.54) is 6.20 Å². The number of nitrogens with zero attached hydrogens (tertiary/aromatic N) is 8. The highest BCUT2D eigenvalue weighted by Gasteiger charge is 2.38. The molecule has 4 heterocycles. The molecule has 0 atom stereocenters. The molecule has 0 radical (unpaired) electrons. The number of pyridine rings is 1. The largest absolute Gasteiger partial charge is 0.474 e. The van der Waals surface area contributed by atoms with Crippen molar-refractivity contribution in [3.8, 4) is 23.3 Å². The average Bonchev–Trinajstić information content (AvgIpc) is 3.54. The van der Waals surface area contributed by atoms with Crippen LogP contribution in [-0.4, -0.2) is 58.4 Å². The van der Waals surface area contributed by atoms with Gasteiger partial charge in [-0.25, -0.2) is 14.6 Å². The maximum Gasteiger partial charge on any atom is 0.229 e. The quantitative estimate of drug-likeness (QED) is 0.398. The monoisotopic (exact) mass is 517 g/mol. The van der Waals surface area contributed by atoms with Gasteiger partial charge in [0.2, 0.25) is 11.8 Å². The smallest absolute Gasteiger partial charge is 0.229 e. The van der Waals surface area contributed by atoms with Gasteiger partial charge >= 0.3 is 0 Å². The number of anilines is 3. The maximum absolute atomic E-state index is 9.71. The molecule has 0 aromatic carbocycles. The third kappa shape index (κ3) is 5.83. The molecular weight excluding hydrogens is 482 g/mol. The van der Waals surface area contributed by atoms with E-state index in [0.29, 0.717) is 46.3 Å². The summed E-state index contributed by atoms with van der Waals surface area (Å²) in [7, 11) is 0. The van der Waals surface area contributed by atoms with E-state index in [1.807, 2.05) is 24.6 Å². The Labute approximate surface area is 222 Å². The molecule has 0 bridgehead atoms. The van der Waals surface area contributed by atoms with Crippen molar-refractivity contribution in [2.75, 3.05) is 10.6 Å². The molecule has 2 fully saturated rings. The third-order valence-corrected chi connectivity index (χ3v) is 6.52. The lowest BCUT2D eigenvalue weighted by molar-refractivity contribution is 0.170. The minimum absolute atomic E-state index is 0.0436. The van der Waals surface area contributed by atoms with Crippen LogP contribution in [0.25, 0.3) is 11.4 Å². The van der Waals surface area contributed by atoms with Crippen molar-refractivity contribution in [3.05, 3.63) is 24.0 Å². The summed E-state index contributed by atoms with van der Waals surface area (Å²) in [6.45, 7) is 12.7. The number of rotatable bonds is 8. The van der Waals surface area contributed by atoms with Crippen molar-refractivity contribution in [1.29, 1.82) is 5.26 Å². The Bertz CT molecular complexity index is 1340. The molecule has 1 aliphatic heterocycles. The summed E-state index contributed by atoms with van der Waals surface area (Å²) < 4.78 is 7.80. The summed E-state index contributed by atoms with van der Waals surface area (Å²) >= 11 is 0. The summed E-state index contributed by atoms with van der Waals surface area (Å²) in [6.07, 6.45) is 7.02. The lowest BCUT2D eigenvalue weighted by Crippen LogP contribution is -2.60. The predicted molar refractivity (Wildman–Crippen MR) is 143 cm³/mol. The maximum atomic E-state index is 9.71. The van der Waals surface area contributed by atoms with Crippen molar-refractivity contribution in [1.82, 2.24) is 40.5 Å². The molecule has 5 rings (SSSR count). The number of hydrogen-bond donors (Lipinski definition) is 3. The normalized spacial score (nSPS) is 18.7. The Morgan fingerprint density at radius 3 is 2.53 bits per heavy atom. The fraction of sp³-hybridized carbons (Fsp3) is 0.577. The Morgan fingerprint density at radius 2 is 1.87 bits per heavy atom. The number of nitrogens with one attached hydrogen (secondary N) is 3. The number of piperidine rings is 1. The summed E-state index contributed by atoms with van der Waals surface area (Å²) in [5.74, 6) is 1.93. The number of aromatic nitrogens is 7. The highest BCUT2D eigenvalue weighted by atomic mass is 16.5. The predicted octanol–water partition coefficient (Wildman–Crippen LogP) is 3.98. The van der Waals surface area contributed by atoms with Crippen LogP contribution in [0.4, 0.5) is 17.5 Å². The van der Waals surface area contributed by atoms with Crippen LogP contribution in [0.1, 0.15) is 78.8 Å². The van der Waals surface area contributed by atoms with Crippen LogP contribution < -0.4 is 20.7 Å². The van der Waals surface area contributed by atoms with Crippen LogP contribution >= 0.6 is 0 Å². The molecule has 2 aliphatic rings. The van der Waals surface area contributed by atoms with Gasteiger partial charge in [0.05, 0.1) is 35.8 Å². The summed E-state index contributed by atoms with van der Waals surface area (Å²) in [6, 6.07) is 4.55. The molecule has 200 valence electrons. The summed E-state index contributed by atoms with van der Waals surface area (Å²) in [5.41, 5.74) is 1.65.